The molecule has 5 aromatic carbocycles. The summed E-state index contributed by atoms with van der Waals surface area (Å²) in [6, 6.07) is 48.3. The zero-order valence-electron chi connectivity index (χ0n) is 22.4. The summed E-state index contributed by atoms with van der Waals surface area (Å²) >= 11 is 0. The molecule has 0 saturated heterocycles. The molecule has 0 fully saturated rings. The van der Waals surface area contributed by atoms with Crippen molar-refractivity contribution in [2.24, 2.45) is 0 Å². The van der Waals surface area contributed by atoms with Crippen molar-refractivity contribution in [2.45, 2.75) is 0 Å². The molecule has 0 aliphatic carbocycles. The van der Waals surface area contributed by atoms with Crippen LogP contribution in [0.25, 0.3) is 34.0 Å². The number of rotatable bonds is 4. The molecule has 0 amide bonds. The van der Waals surface area contributed by atoms with Gasteiger partial charge in [-0.2, -0.15) is 10.5 Å². The van der Waals surface area contributed by atoms with E-state index in [4.69, 9.17) is 0 Å². The Morgan fingerprint density at radius 3 is 1.36 bits per heavy atom. The summed E-state index contributed by atoms with van der Waals surface area (Å²) in [5.74, 6) is 1.44. The second-order valence-electron chi connectivity index (χ2n) is 9.75. The number of hydrogen-bond acceptors (Lipinski definition) is 5. The predicted octanol–water partition coefficient (Wildman–Crippen LogP) is 8.23. The first-order valence-electron chi connectivity index (χ1n) is 13.5. The van der Waals surface area contributed by atoms with E-state index < -0.39 is 0 Å². The van der Waals surface area contributed by atoms with Gasteiger partial charge in [-0.3, -0.25) is 4.57 Å². The highest BCUT2D eigenvalue weighted by molar-refractivity contribution is 6.04. The van der Waals surface area contributed by atoms with Crippen molar-refractivity contribution in [3.8, 4) is 40.6 Å². The third kappa shape index (κ3) is 3.95. The molecule has 7 rings (SSSR count). The monoisotopic (exact) mass is 538 g/mol. The molecule has 0 N–H and O–H groups in total. The highest BCUT2D eigenvalue weighted by Crippen LogP contribution is 2.51. The lowest BCUT2D eigenvalue weighted by atomic mass is 9.87. The lowest BCUT2D eigenvalue weighted by molar-refractivity contribution is 1.06. The Labute approximate surface area is 243 Å². The van der Waals surface area contributed by atoms with Crippen molar-refractivity contribution in [3.63, 3.8) is 0 Å². The zero-order chi connectivity index (χ0) is 28.5. The van der Waals surface area contributed by atoms with Gasteiger partial charge in [-0.15, -0.1) is 10.2 Å². The minimum Gasteiger partial charge on any atom is -0.307 e. The Bertz CT molecular complexity index is 1940. The van der Waals surface area contributed by atoms with Crippen LogP contribution in [0.15, 0.2) is 139 Å². The van der Waals surface area contributed by atoms with Gasteiger partial charge in [0.2, 0.25) is 0 Å². The molecule has 2 heterocycles. The molecular formula is C36H22N6. The minimum absolute atomic E-state index is 0.0828. The third-order valence-electron chi connectivity index (χ3n) is 7.39. The van der Waals surface area contributed by atoms with Crippen molar-refractivity contribution in [1.82, 2.24) is 14.8 Å². The fraction of sp³-hybridized carbons (Fsp3) is 0. The summed E-state index contributed by atoms with van der Waals surface area (Å²) in [4.78, 5) is 2.19. The van der Waals surface area contributed by atoms with Crippen LogP contribution in [-0.4, -0.2) is 14.8 Å². The van der Waals surface area contributed by atoms with Gasteiger partial charge < -0.3 is 4.90 Å². The number of benzene rings is 5. The van der Waals surface area contributed by atoms with Gasteiger partial charge in [-0.25, -0.2) is 0 Å². The van der Waals surface area contributed by atoms with Crippen LogP contribution in [0.2, 0.25) is 0 Å². The lowest BCUT2D eigenvalue weighted by Crippen LogP contribution is -2.20. The molecule has 6 nitrogen and oxygen atoms in total. The summed E-state index contributed by atoms with van der Waals surface area (Å²) < 4.78 is 2.10. The smallest absolute Gasteiger partial charge is 0.168 e. The van der Waals surface area contributed by atoms with Crippen LogP contribution in [0.5, 0.6) is 0 Å². The Balaban J connectivity index is 1.54. The van der Waals surface area contributed by atoms with Crippen LogP contribution in [0.4, 0.5) is 17.1 Å². The van der Waals surface area contributed by atoms with E-state index in [-0.39, 0.29) is 5.57 Å². The zero-order valence-corrected chi connectivity index (χ0v) is 22.4. The number of anilines is 3. The highest BCUT2D eigenvalue weighted by Gasteiger charge is 2.31. The number of para-hydroxylation sites is 4. The summed E-state index contributed by atoms with van der Waals surface area (Å²) in [5.41, 5.74) is 7.78. The number of fused-ring (bicyclic) bond motifs is 2. The van der Waals surface area contributed by atoms with Crippen LogP contribution in [0.1, 0.15) is 11.1 Å². The number of aromatic nitrogens is 3. The van der Waals surface area contributed by atoms with E-state index in [1.54, 1.807) is 0 Å². The second-order valence-corrected chi connectivity index (χ2v) is 9.75. The van der Waals surface area contributed by atoms with E-state index >= 15 is 0 Å². The van der Waals surface area contributed by atoms with E-state index in [2.05, 4.69) is 43.9 Å². The number of nitriles is 2. The van der Waals surface area contributed by atoms with Gasteiger partial charge in [0.25, 0.3) is 0 Å². The van der Waals surface area contributed by atoms with Crippen LogP contribution >= 0.6 is 0 Å². The van der Waals surface area contributed by atoms with Gasteiger partial charge >= 0.3 is 0 Å². The maximum Gasteiger partial charge on any atom is 0.168 e. The van der Waals surface area contributed by atoms with Crippen LogP contribution in [-0.2, 0) is 0 Å². The van der Waals surface area contributed by atoms with Crippen molar-refractivity contribution in [2.75, 3.05) is 4.90 Å². The number of nitrogens with zero attached hydrogens (tertiary/aromatic N) is 6. The maximum atomic E-state index is 9.90. The molecule has 1 aliphatic rings. The summed E-state index contributed by atoms with van der Waals surface area (Å²) in [6.07, 6.45) is 0. The quantitative estimate of drug-likeness (QED) is 0.211. The molecule has 0 atom stereocenters. The molecule has 1 aliphatic heterocycles. The Morgan fingerprint density at radius 1 is 0.476 bits per heavy atom. The minimum atomic E-state index is 0.0828. The second kappa shape index (κ2) is 10.4. The third-order valence-corrected chi connectivity index (χ3v) is 7.39. The first-order chi connectivity index (χ1) is 20.8. The number of hydrogen-bond donors (Lipinski definition) is 0. The standard InChI is InChI=1S/C36H22N6/c37-23-27(24-38)34-28-17-7-9-19-30(28)41(31-20-10-8-18-29(31)34)32-21-11-12-22-33(32)42-35(25-13-3-1-4-14-25)39-40-36(42)26-15-5-2-6-16-26/h1-22H. The van der Waals surface area contributed by atoms with Crippen LogP contribution in [0, 0.1) is 22.7 Å². The Morgan fingerprint density at radius 2 is 0.881 bits per heavy atom. The van der Waals surface area contributed by atoms with Crippen molar-refractivity contribution in [3.05, 3.63) is 150 Å². The SMILES string of the molecule is N#CC(C#N)=C1c2ccccc2N(c2ccccc2-n2c(-c3ccccc3)nnc2-c2ccccc2)c2ccccc21. The molecule has 42 heavy (non-hydrogen) atoms. The summed E-state index contributed by atoms with van der Waals surface area (Å²) in [6.45, 7) is 0. The van der Waals surface area contributed by atoms with E-state index in [9.17, 15) is 10.5 Å². The first-order valence-corrected chi connectivity index (χ1v) is 13.5. The highest BCUT2D eigenvalue weighted by atomic mass is 15.3. The first kappa shape index (κ1) is 24.8. The molecule has 6 aromatic rings. The van der Waals surface area contributed by atoms with Gasteiger partial charge in [0.1, 0.15) is 17.7 Å². The van der Waals surface area contributed by atoms with Gasteiger partial charge in [-0.05, 0) is 24.3 Å². The number of allylic oxidation sites excluding steroid dienone is 1. The molecule has 6 heteroatoms. The molecule has 0 spiro atoms. The van der Waals surface area contributed by atoms with E-state index in [0.717, 1.165) is 56.7 Å². The largest absolute Gasteiger partial charge is 0.307 e. The lowest BCUT2D eigenvalue weighted by Gasteiger charge is -2.36. The molecule has 0 radical (unpaired) electrons. The molecular weight excluding hydrogens is 516 g/mol. The fourth-order valence-electron chi connectivity index (χ4n) is 5.60. The van der Waals surface area contributed by atoms with Crippen LogP contribution in [0.3, 0.4) is 0 Å². The van der Waals surface area contributed by atoms with Crippen molar-refractivity contribution in [1.29, 1.82) is 10.5 Å². The maximum absolute atomic E-state index is 9.90. The van der Waals surface area contributed by atoms with Gasteiger partial charge in [-0.1, -0.05) is 109 Å². The average Bonchev–Trinajstić information content (AvgIpc) is 3.51. The Hall–Kier alpha value is -6.24. The Kier molecular flexibility index (Phi) is 6.13. The molecule has 0 saturated carbocycles. The van der Waals surface area contributed by atoms with Crippen LogP contribution < -0.4 is 4.90 Å². The predicted molar refractivity (Wildman–Crippen MR) is 164 cm³/mol. The molecule has 0 bridgehead atoms. The molecule has 0 unspecified atom stereocenters. The van der Waals surface area contributed by atoms with Crippen molar-refractivity contribution < 1.29 is 0 Å². The summed E-state index contributed by atoms with van der Waals surface area (Å²) in [5, 5.41) is 29.2. The normalized spacial score (nSPS) is 11.7. The topological polar surface area (TPSA) is 81.5 Å². The molecule has 196 valence electrons. The van der Waals surface area contributed by atoms with E-state index in [0.29, 0.717) is 5.57 Å². The van der Waals surface area contributed by atoms with Gasteiger partial charge in [0.15, 0.2) is 11.6 Å². The fourth-order valence-corrected chi connectivity index (χ4v) is 5.60. The van der Waals surface area contributed by atoms with E-state index in [1.807, 2.05) is 121 Å². The average molecular weight is 539 g/mol. The molecule has 1 aromatic heterocycles. The van der Waals surface area contributed by atoms with Crippen molar-refractivity contribution >= 4 is 22.6 Å². The van der Waals surface area contributed by atoms with E-state index in [1.165, 1.54) is 0 Å². The summed E-state index contributed by atoms with van der Waals surface area (Å²) in [7, 11) is 0. The van der Waals surface area contributed by atoms with Gasteiger partial charge in [0.05, 0.1) is 22.7 Å². The van der Waals surface area contributed by atoms with Gasteiger partial charge in [0, 0.05) is 27.8 Å².